The van der Waals surface area contributed by atoms with Crippen LogP contribution in [-0.2, 0) is 17.9 Å². The van der Waals surface area contributed by atoms with Gasteiger partial charge in [0.15, 0.2) is 0 Å². The second kappa shape index (κ2) is 7.26. The zero-order valence-corrected chi connectivity index (χ0v) is 13.8. The summed E-state index contributed by atoms with van der Waals surface area (Å²) in [6.45, 7) is 0.256. The van der Waals surface area contributed by atoms with Crippen molar-refractivity contribution in [2.75, 3.05) is 0 Å². The maximum atomic E-state index is 12.9. The monoisotopic (exact) mass is 356 g/mol. The van der Waals surface area contributed by atoms with Crippen LogP contribution in [0.15, 0.2) is 53.3 Å². The number of hydrogen-bond acceptors (Lipinski definition) is 4. The molecular weight excluding hydrogens is 339 g/mol. The van der Waals surface area contributed by atoms with Gasteiger partial charge in [-0.2, -0.15) is 0 Å². The molecule has 2 aromatic carbocycles. The Hall–Kier alpha value is -3.35. The Morgan fingerprint density at radius 1 is 1.15 bits per heavy atom. The number of benzene rings is 2. The highest BCUT2D eigenvalue weighted by atomic mass is 19.1. The van der Waals surface area contributed by atoms with Crippen LogP contribution in [0.2, 0.25) is 0 Å². The number of rotatable bonds is 6. The Morgan fingerprint density at radius 3 is 2.58 bits per heavy atom. The van der Waals surface area contributed by atoms with E-state index in [0.29, 0.717) is 16.5 Å². The van der Waals surface area contributed by atoms with Crippen LogP contribution in [0.5, 0.6) is 11.6 Å². The summed E-state index contributed by atoms with van der Waals surface area (Å²) >= 11 is 0. The molecule has 1 aromatic heterocycles. The summed E-state index contributed by atoms with van der Waals surface area (Å²) in [7, 11) is 0. The van der Waals surface area contributed by atoms with Crippen LogP contribution >= 0.6 is 0 Å². The molecular formula is C19H17FN2O4. The number of hydrogen-bond donors (Lipinski definition) is 2. The molecule has 6 nitrogen and oxygen atoms in total. The van der Waals surface area contributed by atoms with E-state index in [1.807, 2.05) is 0 Å². The van der Waals surface area contributed by atoms with Gasteiger partial charge >= 0.3 is 0 Å². The molecule has 0 saturated heterocycles. The molecule has 0 atom stereocenters. The molecule has 0 aliphatic heterocycles. The van der Waals surface area contributed by atoms with E-state index in [9.17, 15) is 19.1 Å². The van der Waals surface area contributed by atoms with Gasteiger partial charge in [0, 0.05) is 24.4 Å². The molecule has 0 spiro atoms. The lowest BCUT2D eigenvalue weighted by molar-refractivity contribution is -0.118. The Kier molecular flexibility index (Phi) is 4.88. The predicted octanol–water partition coefficient (Wildman–Crippen LogP) is 2.30. The van der Waals surface area contributed by atoms with Crippen molar-refractivity contribution in [3.8, 4) is 11.6 Å². The number of ether oxygens (including phenoxy) is 1. The summed E-state index contributed by atoms with van der Waals surface area (Å²) in [5.41, 5.74) is 5.45. The zero-order valence-electron chi connectivity index (χ0n) is 13.8. The number of carbonyl (C=O) groups excluding carboxylic acids is 1. The van der Waals surface area contributed by atoms with Crippen LogP contribution in [-0.4, -0.2) is 15.6 Å². The van der Waals surface area contributed by atoms with Gasteiger partial charge < -0.3 is 15.6 Å². The third kappa shape index (κ3) is 3.83. The summed E-state index contributed by atoms with van der Waals surface area (Å²) in [5.74, 6) is -0.585. The third-order valence-electron chi connectivity index (χ3n) is 3.97. The van der Waals surface area contributed by atoms with E-state index in [-0.39, 0.29) is 31.3 Å². The van der Waals surface area contributed by atoms with Crippen LogP contribution in [0.4, 0.5) is 4.39 Å². The van der Waals surface area contributed by atoms with Crippen LogP contribution in [0.1, 0.15) is 12.0 Å². The van der Waals surface area contributed by atoms with Gasteiger partial charge in [0.25, 0.3) is 5.56 Å². The molecule has 3 aromatic rings. The minimum atomic E-state index is -0.555. The largest absolute Gasteiger partial charge is 0.494 e. The fraction of sp³-hybridized carbons (Fsp3) is 0.158. The molecule has 134 valence electrons. The number of halogens is 1. The SMILES string of the molecule is NC(=O)CCn1c(O)c2ccc(OCc3ccc(F)cc3)cc2cc1=O. The standard InChI is InChI=1S/C19H17FN2O4/c20-14-3-1-12(2-4-14)11-26-15-5-6-16-13(9-15)10-18(24)22(19(16)25)8-7-17(21)23/h1-6,9-10,25H,7-8,11H2,(H2,21,23). The molecule has 26 heavy (non-hydrogen) atoms. The predicted molar refractivity (Wildman–Crippen MR) is 94.4 cm³/mol. The highest BCUT2D eigenvalue weighted by Crippen LogP contribution is 2.27. The molecule has 0 aliphatic rings. The van der Waals surface area contributed by atoms with Gasteiger partial charge in [0.05, 0.1) is 0 Å². The summed E-state index contributed by atoms with van der Waals surface area (Å²) in [5, 5.41) is 11.3. The van der Waals surface area contributed by atoms with Crippen molar-refractivity contribution in [2.45, 2.75) is 19.6 Å². The number of aromatic nitrogens is 1. The lowest BCUT2D eigenvalue weighted by atomic mass is 10.1. The van der Waals surface area contributed by atoms with E-state index in [4.69, 9.17) is 10.5 Å². The fourth-order valence-electron chi connectivity index (χ4n) is 2.60. The minimum Gasteiger partial charge on any atom is -0.494 e. The molecule has 0 saturated carbocycles. The van der Waals surface area contributed by atoms with Crippen LogP contribution in [0.25, 0.3) is 10.8 Å². The average Bonchev–Trinajstić information content (AvgIpc) is 2.60. The minimum absolute atomic E-state index is 0.0127. The van der Waals surface area contributed by atoms with Crippen molar-refractivity contribution < 1.29 is 19.0 Å². The number of primary amides is 1. The smallest absolute Gasteiger partial charge is 0.253 e. The topological polar surface area (TPSA) is 94.6 Å². The Morgan fingerprint density at radius 2 is 1.88 bits per heavy atom. The van der Waals surface area contributed by atoms with Gasteiger partial charge in [-0.15, -0.1) is 0 Å². The molecule has 1 amide bonds. The molecule has 7 heteroatoms. The lowest BCUT2D eigenvalue weighted by Gasteiger charge is -2.12. The summed E-state index contributed by atoms with van der Waals surface area (Å²) in [6, 6.07) is 12.2. The van der Waals surface area contributed by atoms with E-state index in [1.165, 1.54) is 18.2 Å². The van der Waals surface area contributed by atoms with Crippen molar-refractivity contribution >= 4 is 16.7 Å². The Bertz CT molecular complexity index is 1010. The van der Waals surface area contributed by atoms with Crippen LogP contribution in [0, 0.1) is 5.82 Å². The van der Waals surface area contributed by atoms with Crippen LogP contribution in [0.3, 0.4) is 0 Å². The molecule has 3 rings (SSSR count). The van der Waals surface area contributed by atoms with Gasteiger partial charge in [-0.25, -0.2) is 4.39 Å². The molecule has 0 bridgehead atoms. The number of nitrogens with zero attached hydrogens (tertiary/aromatic N) is 1. The highest BCUT2D eigenvalue weighted by Gasteiger charge is 2.11. The van der Waals surface area contributed by atoms with E-state index in [2.05, 4.69) is 0 Å². The maximum Gasteiger partial charge on any atom is 0.253 e. The number of pyridine rings is 1. The summed E-state index contributed by atoms with van der Waals surface area (Å²) in [4.78, 5) is 23.1. The number of fused-ring (bicyclic) bond motifs is 1. The third-order valence-corrected chi connectivity index (χ3v) is 3.97. The molecule has 0 unspecified atom stereocenters. The Labute approximate surface area is 148 Å². The van der Waals surface area contributed by atoms with Crippen molar-refractivity contribution in [3.05, 3.63) is 70.3 Å². The molecule has 1 heterocycles. The van der Waals surface area contributed by atoms with E-state index in [0.717, 1.165) is 10.1 Å². The number of amides is 1. The van der Waals surface area contributed by atoms with E-state index < -0.39 is 11.5 Å². The maximum absolute atomic E-state index is 12.9. The van der Waals surface area contributed by atoms with Gasteiger partial charge in [0.2, 0.25) is 11.8 Å². The molecule has 3 N–H and O–H groups in total. The summed E-state index contributed by atoms with van der Waals surface area (Å²) < 4.78 is 19.7. The second-order valence-electron chi connectivity index (χ2n) is 5.84. The van der Waals surface area contributed by atoms with Crippen molar-refractivity contribution in [1.82, 2.24) is 4.57 Å². The highest BCUT2D eigenvalue weighted by molar-refractivity contribution is 5.87. The normalized spacial score (nSPS) is 10.8. The fourth-order valence-corrected chi connectivity index (χ4v) is 2.60. The first-order valence-corrected chi connectivity index (χ1v) is 7.96. The van der Waals surface area contributed by atoms with Crippen molar-refractivity contribution in [1.29, 1.82) is 0 Å². The Balaban J connectivity index is 1.84. The zero-order chi connectivity index (χ0) is 18.7. The van der Waals surface area contributed by atoms with Crippen molar-refractivity contribution in [2.24, 2.45) is 5.73 Å². The summed E-state index contributed by atoms with van der Waals surface area (Å²) in [6.07, 6.45) is -0.0438. The first kappa shape index (κ1) is 17.5. The molecule has 0 radical (unpaired) electrons. The lowest BCUT2D eigenvalue weighted by Crippen LogP contribution is -2.22. The molecule has 0 aliphatic carbocycles. The van der Waals surface area contributed by atoms with Gasteiger partial charge in [-0.1, -0.05) is 12.1 Å². The number of nitrogens with two attached hydrogens (primary N) is 1. The van der Waals surface area contributed by atoms with E-state index in [1.54, 1.807) is 30.3 Å². The first-order chi connectivity index (χ1) is 12.4. The second-order valence-corrected chi connectivity index (χ2v) is 5.84. The number of carbonyl (C=O) groups is 1. The van der Waals surface area contributed by atoms with Gasteiger partial charge in [0.1, 0.15) is 18.2 Å². The molecule has 0 fully saturated rings. The number of aromatic hydroxyl groups is 1. The van der Waals surface area contributed by atoms with Crippen molar-refractivity contribution in [3.63, 3.8) is 0 Å². The van der Waals surface area contributed by atoms with Gasteiger partial charge in [-0.05, 0) is 41.3 Å². The average molecular weight is 356 g/mol. The quantitative estimate of drug-likeness (QED) is 0.708. The van der Waals surface area contributed by atoms with Gasteiger partial charge in [-0.3, -0.25) is 14.2 Å². The first-order valence-electron chi connectivity index (χ1n) is 7.96. The van der Waals surface area contributed by atoms with Crippen LogP contribution < -0.4 is 16.0 Å². The van der Waals surface area contributed by atoms with E-state index >= 15 is 0 Å².